The van der Waals surface area contributed by atoms with Crippen molar-refractivity contribution in [2.24, 2.45) is 0 Å². The molecule has 2 rings (SSSR count). The van der Waals surface area contributed by atoms with Crippen LogP contribution in [-0.4, -0.2) is 9.78 Å². The van der Waals surface area contributed by atoms with E-state index in [2.05, 4.69) is 18.9 Å². The summed E-state index contributed by atoms with van der Waals surface area (Å²) in [5, 5.41) is 4.99. The quantitative estimate of drug-likeness (QED) is 0.869. The maximum absolute atomic E-state index is 6.04. The molecule has 0 saturated heterocycles. The van der Waals surface area contributed by atoms with Crippen molar-refractivity contribution in [2.45, 2.75) is 19.8 Å². The molecule has 2 aromatic rings. The fraction of sp³-hybridized carbons (Fsp3) is 0.250. The van der Waals surface area contributed by atoms with Gasteiger partial charge in [0.25, 0.3) is 0 Å². The van der Waals surface area contributed by atoms with Crippen LogP contribution < -0.4 is 5.73 Å². The normalized spacial score (nSPS) is 11.0. The molecular weight excluding hydrogens is 222 g/mol. The molecule has 1 aromatic carbocycles. The number of nitrogen functional groups attached to an aromatic ring is 1. The minimum absolute atomic E-state index is 0.376. The second kappa shape index (κ2) is 4.18. The first kappa shape index (κ1) is 11.0. The van der Waals surface area contributed by atoms with Crippen LogP contribution in [0.25, 0.3) is 5.69 Å². The van der Waals surface area contributed by atoms with E-state index in [1.165, 1.54) is 0 Å². The molecule has 0 spiro atoms. The van der Waals surface area contributed by atoms with Gasteiger partial charge in [0.15, 0.2) is 0 Å². The molecule has 0 saturated carbocycles. The van der Waals surface area contributed by atoms with Gasteiger partial charge >= 0.3 is 0 Å². The van der Waals surface area contributed by atoms with Gasteiger partial charge in [-0.2, -0.15) is 5.10 Å². The highest BCUT2D eigenvalue weighted by Crippen LogP contribution is 2.24. The zero-order valence-corrected chi connectivity index (χ0v) is 10.1. The number of benzene rings is 1. The lowest BCUT2D eigenvalue weighted by Gasteiger charge is -2.06. The first-order chi connectivity index (χ1) is 7.59. The maximum atomic E-state index is 6.04. The van der Waals surface area contributed by atoms with Gasteiger partial charge in [-0.3, -0.25) is 0 Å². The number of hydrogen-bond donors (Lipinski definition) is 1. The number of nitrogens with zero attached hydrogens (tertiary/aromatic N) is 2. The number of nitrogens with two attached hydrogens (primary N) is 1. The van der Waals surface area contributed by atoms with Crippen LogP contribution in [0, 0.1) is 0 Å². The second-order valence-electron chi connectivity index (χ2n) is 4.03. The Balaban J connectivity index is 2.45. The predicted molar refractivity (Wildman–Crippen MR) is 67.1 cm³/mol. The smallest absolute Gasteiger partial charge is 0.130 e. The molecular formula is C12H14ClN3. The Kier molecular flexibility index (Phi) is 2.88. The molecule has 1 aromatic heterocycles. The Morgan fingerprint density at radius 2 is 1.88 bits per heavy atom. The molecule has 0 atom stereocenters. The molecule has 84 valence electrons. The molecule has 3 nitrogen and oxygen atoms in total. The average Bonchev–Trinajstić information content (AvgIpc) is 2.61. The Hall–Kier alpha value is -1.48. The van der Waals surface area contributed by atoms with Crippen LogP contribution in [-0.2, 0) is 0 Å². The van der Waals surface area contributed by atoms with E-state index in [-0.39, 0.29) is 0 Å². The third-order valence-corrected chi connectivity index (χ3v) is 2.78. The predicted octanol–water partition coefficient (Wildman–Crippen LogP) is 3.23. The first-order valence-electron chi connectivity index (χ1n) is 5.19. The lowest BCUT2D eigenvalue weighted by Crippen LogP contribution is -2.03. The van der Waals surface area contributed by atoms with Crippen molar-refractivity contribution >= 4 is 17.4 Å². The van der Waals surface area contributed by atoms with E-state index >= 15 is 0 Å². The number of rotatable bonds is 2. The largest absolute Gasteiger partial charge is 0.383 e. The third-order valence-electron chi connectivity index (χ3n) is 2.53. The second-order valence-corrected chi connectivity index (χ2v) is 4.46. The van der Waals surface area contributed by atoms with E-state index < -0.39 is 0 Å². The van der Waals surface area contributed by atoms with E-state index in [1.54, 1.807) is 4.68 Å². The van der Waals surface area contributed by atoms with Gasteiger partial charge in [-0.15, -0.1) is 0 Å². The SMILES string of the molecule is CC(C)c1cnn(-c2ccc(Cl)cc2)c1N. The van der Waals surface area contributed by atoms with Gasteiger partial charge < -0.3 is 5.73 Å². The minimum Gasteiger partial charge on any atom is -0.383 e. The van der Waals surface area contributed by atoms with Gasteiger partial charge in [-0.1, -0.05) is 25.4 Å². The van der Waals surface area contributed by atoms with Gasteiger partial charge in [0.1, 0.15) is 5.82 Å². The van der Waals surface area contributed by atoms with Crippen molar-refractivity contribution in [1.29, 1.82) is 0 Å². The Morgan fingerprint density at radius 3 is 2.38 bits per heavy atom. The van der Waals surface area contributed by atoms with Crippen molar-refractivity contribution in [3.8, 4) is 5.69 Å². The fourth-order valence-electron chi connectivity index (χ4n) is 1.60. The van der Waals surface area contributed by atoms with E-state index in [1.807, 2.05) is 30.5 Å². The third kappa shape index (κ3) is 1.91. The van der Waals surface area contributed by atoms with Gasteiger partial charge in [0.2, 0.25) is 0 Å². The number of aromatic nitrogens is 2. The van der Waals surface area contributed by atoms with Crippen LogP contribution in [0.2, 0.25) is 5.02 Å². The van der Waals surface area contributed by atoms with Gasteiger partial charge in [-0.25, -0.2) is 4.68 Å². The molecule has 16 heavy (non-hydrogen) atoms. The van der Waals surface area contributed by atoms with Crippen molar-refractivity contribution < 1.29 is 0 Å². The summed E-state index contributed by atoms with van der Waals surface area (Å²) in [5.41, 5.74) is 8.03. The van der Waals surface area contributed by atoms with E-state index in [4.69, 9.17) is 17.3 Å². The van der Waals surface area contributed by atoms with Gasteiger partial charge in [0, 0.05) is 10.6 Å². The molecule has 0 aliphatic heterocycles. The summed E-state index contributed by atoms with van der Waals surface area (Å²) in [6.45, 7) is 4.19. The van der Waals surface area contributed by atoms with E-state index in [0.717, 1.165) is 11.3 Å². The summed E-state index contributed by atoms with van der Waals surface area (Å²) in [5.74, 6) is 1.07. The van der Waals surface area contributed by atoms with Crippen LogP contribution in [0.15, 0.2) is 30.5 Å². The zero-order valence-electron chi connectivity index (χ0n) is 9.31. The molecule has 0 bridgehead atoms. The van der Waals surface area contributed by atoms with Gasteiger partial charge in [0.05, 0.1) is 11.9 Å². The van der Waals surface area contributed by atoms with Crippen LogP contribution in [0.3, 0.4) is 0 Å². The summed E-state index contributed by atoms with van der Waals surface area (Å²) in [6, 6.07) is 7.45. The number of hydrogen-bond acceptors (Lipinski definition) is 2. The van der Waals surface area contributed by atoms with Crippen molar-refractivity contribution in [3.05, 3.63) is 41.0 Å². The highest BCUT2D eigenvalue weighted by molar-refractivity contribution is 6.30. The molecule has 2 N–H and O–H groups in total. The van der Waals surface area contributed by atoms with E-state index in [9.17, 15) is 0 Å². The van der Waals surface area contributed by atoms with Gasteiger partial charge in [-0.05, 0) is 30.2 Å². The van der Waals surface area contributed by atoms with Crippen LogP contribution in [0.5, 0.6) is 0 Å². The summed E-state index contributed by atoms with van der Waals surface area (Å²) in [6.07, 6.45) is 1.81. The molecule has 4 heteroatoms. The highest BCUT2D eigenvalue weighted by Gasteiger charge is 2.11. The summed E-state index contributed by atoms with van der Waals surface area (Å²) in [7, 11) is 0. The van der Waals surface area contributed by atoms with Crippen LogP contribution >= 0.6 is 11.6 Å². The first-order valence-corrected chi connectivity index (χ1v) is 5.56. The molecule has 0 unspecified atom stereocenters. The fourth-order valence-corrected chi connectivity index (χ4v) is 1.73. The molecule has 0 amide bonds. The monoisotopic (exact) mass is 235 g/mol. The van der Waals surface area contributed by atoms with E-state index in [0.29, 0.717) is 16.8 Å². The number of anilines is 1. The van der Waals surface area contributed by atoms with Crippen LogP contribution in [0.1, 0.15) is 25.3 Å². The lowest BCUT2D eigenvalue weighted by atomic mass is 10.1. The molecule has 0 aliphatic carbocycles. The van der Waals surface area contributed by atoms with Crippen molar-refractivity contribution in [3.63, 3.8) is 0 Å². The van der Waals surface area contributed by atoms with Crippen LogP contribution in [0.4, 0.5) is 5.82 Å². The Bertz CT molecular complexity index is 485. The molecule has 1 heterocycles. The summed E-state index contributed by atoms with van der Waals surface area (Å²) in [4.78, 5) is 0. The highest BCUT2D eigenvalue weighted by atomic mass is 35.5. The standard InChI is InChI=1S/C12H14ClN3/c1-8(2)11-7-15-16(12(11)14)10-5-3-9(13)4-6-10/h3-8H,14H2,1-2H3. The Morgan fingerprint density at radius 1 is 1.25 bits per heavy atom. The number of halogens is 1. The maximum Gasteiger partial charge on any atom is 0.130 e. The van der Waals surface area contributed by atoms with Crippen molar-refractivity contribution in [2.75, 3.05) is 5.73 Å². The summed E-state index contributed by atoms with van der Waals surface area (Å²) < 4.78 is 1.73. The topological polar surface area (TPSA) is 43.8 Å². The summed E-state index contributed by atoms with van der Waals surface area (Å²) >= 11 is 5.83. The lowest BCUT2D eigenvalue weighted by molar-refractivity contribution is 0.867. The average molecular weight is 236 g/mol. The molecule has 0 fully saturated rings. The Labute approximate surface area is 99.8 Å². The molecule has 0 aliphatic rings. The van der Waals surface area contributed by atoms with Crippen molar-refractivity contribution in [1.82, 2.24) is 9.78 Å². The zero-order chi connectivity index (χ0) is 11.7. The molecule has 0 radical (unpaired) electrons. The minimum atomic E-state index is 0.376.